The van der Waals surface area contributed by atoms with Crippen molar-refractivity contribution in [3.8, 4) is 0 Å². The molecule has 1 aliphatic rings. The highest BCUT2D eigenvalue weighted by atomic mass is 32.2. The molecule has 0 aliphatic heterocycles. The number of hydrogen-bond donors (Lipinski definition) is 2. The van der Waals surface area contributed by atoms with Gasteiger partial charge in [-0.05, 0) is 12.8 Å². The summed E-state index contributed by atoms with van der Waals surface area (Å²) >= 11 is 3.07. The Kier molecular flexibility index (Phi) is 4.58. The van der Waals surface area contributed by atoms with E-state index in [1.54, 1.807) is 11.3 Å². The zero-order chi connectivity index (χ0) is 12.1. The molecule has 0 bridgehead atoms. The fraction of sp³-hybridized carbons (Fsp3) is 0.455. The first-order chi connectivity index (χ1) is 8.33. The monoisotopic (exact) mass is 269 g/mol. The first-order valence-corrected chi connectivity index (χ1v) is 7.25. The van der Waals surface area contributed by atoms with E-state index in [1.165, 1.54) is 11.9 Å². The van der Waals surface area contributed by atoms with Gasteiger partial charge < -0.3 is 5.32 Å². The number of nitrogens with one attached hydrogen (secondary N) is 1. The van der Waals surface area contributed by atoms with E-state index in [0.717, 1.165) is 22.7 Å². The van der Waals surface area contributed by atoms with Gasteiger partial charge in [0.25, 0.3) is 0 Å². The fourth-order valence-electron chi connectivity index (χ4n) is 1.83. The van der Waals surface area contributed by atoms with E-state index in [0.29, 0.717) is 24.1 Å². The second kappa shape index (κ2) is 6.18. The number of nitrogens with two attached hydrogens (primary N) is 1. The summed E-state index contributed by atoms with van der Waals surface area (Å²) in [6.45, 7) is 0.568. The molecule has 92 valence electrons. The Balaban J connectivity index is 1.98. The smallest absolute Gasteiger partial charge is 0.207 e. The van der Waals surface area contributed by atoms with E-state index < -0.39 is 0 Å². The number of hydrogen-bond acceptors (Lipinski definition) is 5. The van der Waals surface area contributed by atoms with Crippen LogP contribution >= 0.6 is 23.3 Å². The van der Waals surface area contributed by atoms with Gasteiger partial charge in [0.05, 0.1) is 11.6 Å². The summed E-state index contributed by atoms with van der Waals surface area (Å²) in [5.74, 6) is 0.411. The van der Waals surface area contributed by atoms with E-state index in [2.05, 4.69) is 22.5 Å². The molecule has 0 fully saturated rings. The Morgan fingerprint density at radius 1 is 1.59 bits per heavy atom. The van der Waals surface area contributed by atoms with Crippen LogP contribution in [0.4, 0.5) is 0 Å². The third kappa shape index (κ3) is 3.31. The molecule has 1 aliphatic carbocycles. The number of allylic oxidation sites excluding steroid dienone is 1. The minimum Gasteiger partial charge on any atom is -0.354 e. The average molecular weight is 269 g/mol. The van der Waals surface area contributed by atoms with Gasteiger partial charge >= 0.3 is 0 Å². The summed E-state index contributed by atoms with van der Waals surface area (Å²) in [6.07, 6.45) is 9.12. The predicted molar refractivity (Wildman–Crippen MR) is 71.7 cm³/mol. The van der Waals surface area contributed by atoms with E-state index in [9.17, 15) is 4.79 Å². The molecule has 0 spiro atoms. The molecule has 6 heteroatoms. The SMILES string of the molecule is NSC1C=CC(c2ncc(CNC=O)s2)CC1. The maximum absolute atomic E-state index is 10.2. The Labute approximate surface area is 109 Å². The minimum absolute atomic E-state index is 0.411. The molecule has 1 heterocycles. The standard InChI is InChI=1S/C11H15N3OS2/c12-17-9-3-1-8(2-4-9)11-14-6-10(16-11)5-13-7-15/h1,3,6-9H,2,4-5,12H2,(H,13,15). The minimum atomic E-state index is 0.411. The molecule has 1 amide bonds. The van der Waals surface area contributed by atoms with Crippen LogP contribution in [0.5, 0.6) is 0 Å². The van der Waals surface area contributed by atoms with Gasteiger partial charge in [-0.3, -0.25) is 9.93 Å². The summed E-state index contributed by atoms with van der Waals surface area (Å²) in [7, 11) is 0. The van der Waals surface area contributed by atoms with Gasteiger partial charge in [0, 0.05) is 22.2 Å². The third-order valence-electron chi connectivity index (χ3n) is 2.74. The molecule has 0 radical (unpaired) electrons. The van der Waals surface area contributed by atoms with Gasteiger partial charge in [-0.2, -0.15) is 0 Å². The van der Waals surface area contributed by atoms with Crippen molar-refractivity contribution in [2.24, 2.45) is 5.14 Å². The molecule has 17 heavy (non-hydrogen) atoms. The van der Waals surface area contributed by atoms with Gasteiger partial charge in [-0.25, -0.2) is 4.98 Å². The highest BCUT2D eigenvalue weighted by Crippen LogP contribution is 2.32. The predicted octanol–water partition coefficient (Wildman–Crippen LogP) is 1.80. The Morgan fingerprint density at radius 3 is 3.12 bits per heavy atom. The Hall–Kier alpha value is -0.850. The molecule has 1 aromatic heterocycles. The van der Waals surface area contributed by atoms with Crippen LogP contribution in [0.15, 0.2) is 18.3 Å². The van der Waals surface area contributed by atoms with Crippen LogP contribution < -0.4 is 10.5 Å². The lowest BCUT2D eigenvalue weighted by Crippen LogP contribution is -2.10. The normalized spacial score (nSPS) is 23.6. The number of rotatable bonds is 5. The highest BCUT2D eigenvalue weighted by Gasteiger charge is 2.19. The maximum atomic E-state index is 10.2. The van der Waals surface area contributed by atoms with Crippen molar-refractivity contribution >= 4 is 29.7 Å². The molecule has 4 nitrogen and oxygen atoms in total. The number of amides is 1. The zero-order valence-corrected chi connectivity index (χ0v) is 11.0. The third-order valence-corrected chi connectivity index (χ3v) is 4.61. The lowest BCUT2D eigenvalue weighted by Gasteiger charge is -2.19. The second-order valence-electron chi connectivity index (χ2n) is 3.91. The summed E-state index contributed by atoms with van der Waals surface area (Å²) < 4.78 is 0. The Morgan fingerprint density at radius 2 is 2.47 bits per heavy atom. The van der Waals surface area contributed by atoms with Crippen molar-refractivity contribution in [2.75, 3.05) is 0 Å². The van der Waals surface area contributed by atoms with Crippen molar-refractivity contribution in [1.82, 2.24) is 10.3 Å². The molecule has 1 aromatic rings. The van der Waals surface area contributed by atoms with E-state index in [4.69, 9.17) is 5.14 Å². The van der Waals surface area contributed by atoms with E-state index in [1.807, 2.05) is 6.20 Å². The number of thiazole rings is 1. The van der Waals surface area contributed by atoms with Crippen LogP contribution in [0.3, 0.4) is 0 Å². The molecular formula is C11H15N3OS2. The van der Waals surface area contributed by atoms with Crippen molar-refractivity contribution in [3.63, 3.8) is 0 Å². The highest BCUT2D eigenvalue weighted by molar-refractivity contribution is 7.97. The van der Waals surface area contributed by atoms with Crippen LogP contribution in [-0.2, 0) is 11.3 Å². The molecule has 2 unspecified atom stereocenters. The maximum Gasteiger partial charge on any atom is 0.207 e. The quantitative estimate of drug-likeness (QED) is 0.486. The van der Waals surface area contributed by atoms with E-state index in [-0.39, 0.29) is 0 Å². The topological polar surface area (TPSA) is 68.0 Å². The summed E-state index contributed by atoms with van der Waals surface area (Å²) in [5.41, 5.74) is 0. The molecular weight excluding hydrogens is 254 g/mol. The number of carbonyl (C=O) groups excluding carboxylic acids is 1. The molecule has 0 saturated carbocycles. The second-order valence-corrected chi connectivity index (χ2v) is 5.93. The average Bonchev–Trinajstić information content (AvgIpc) is 2.85. The van der Waals surface area contributed by atoms with Gasteiger partial charge in [0.15, 0.2) is 0 Å². The zero-order valence-electron chi connectivity index (χ0n) is 9.33. The van der Waals surface area contributed by atoms with Gasteiger partial charge in [-0.15, -0.1) is 11.3 Å². The molecule has 0 aromatic carbocycles. The van der Waals surface area contributed by atoms with Gasteiger partial charge in [0.1, 0.15) is 0 Å². The van der Waals surface area contributed by atoms with E-state index >= 15 is 0 Å². The fourth-order valence-corrected chi connectivity index (χ4v) is 3.27. The van der Waals surface area contributed by atoms with Crippen LogP contribution in [0.2, 0.25) is 0 Å². The Bertz CT molecular complexity index is 405. The largest absolute Gasteiger partial charge is 0.354 e. The number of aromatic nitrogens is 1. The van der Waals surface area contributed by atoms with Gasteiger partial charge in [0.2, 0.25) is 6.41 Å². The molecule has 0 saturated heterocycles. The van der Waals surface area contributed by atoms with Crippen LogP contribution in [0.25, 0.3) is 0 Å². The summed E-state index contributed by atoms with van der Waals surface area (Å²) in [6, 6.07) is 0. The van der Waals surface area contributed by atoms with Crippen molar-refractivity contribution in [1.29, 1.82) is 0 Å². The summed E-state index contributed by atoms with van der Waals surface area (Å²) in [4.78, 5) is 15.7. The van der Waals surface area contributed by atoms with Gasteiger partial charge in [-0.1, -0.05) is 24.1 Å². The van der Waals surface area contributed by atoms with Crippen molar-refractivity contribution in [2.45, 2.75) is 30.6 Å². The first-order valence-electron chi connectivity index (χ1n) is 5.49. The first kappa shape index (κ1) is 12.6. The number of nitrogens with zero attached hydrogens (tertiary/aromatic N) is 1. The van der Waals surface area contributed by atoms with Crippen LogP contribution in [-0.4, -0.2) is 16.6 Å². The van der Waals surface area contributed by atoms with Crippen LogP contribution in [0, 0.1) is 0 Å². The lowest BCUT2D eigenvalue weighted by atomic mass is 9.96. The molecule has 2 rings (SSSR count). The van der Waals surface area contributed by atoms with Crippen LogP contribution in [0.1, 0.15) is 28.6 Å². The number of carbonyl (C=O) groups is 1. The lowest BCUT2D eigenvalue weighted by molar-refractivity contribution is -0.109. The molecule has 2 atom stereocenters. The van der Waals surface area contributed by atoms with Crippen molar-refractivity contribution < 1.29 is 4.79 Å². The van der Waals surface area contributed by atoms with Crippen molar-refractivity contribution in [3.05, 3.63) is 28.2 Å². The summed E-state index contributed by atoms with van der Waals surface area (Å²) in [5, 5.41) is 9.78. The molecule has 3 N–H and O–H groups in total.